The van der Waals surface area contributed by atoms with Crippen molar-refractivity contribution in [3.63, 3.8) is 0 Å². The summed E-state index contributed by atoms with van der Waals surface area (Å²) in [6, 6.07) is 8.10. The van der Waals surface area contributed by atoms with Crippen molar-refractivity contribution in [2.75, 3.05) is 13.1 Å². The van der Waals surface area contributed by atoms with E-state index in [4.69, 9.17) is 0 Å². The van der Waals surface area contributed by atoms with Crippen LogP contribution in [0.4, 0.5) is 4.79 Å². The first kappa shape index (κ1) is 13.4. The average molecular weight is 289 g/mol. The molecule has 0 aliphatic carbocycles. The summed E-state index contributed by atoms with van der Waals surface area (Å²) in [6.45, 7) is 4.50. The number of nitrogens with one attached hydrogen (secondary N) is 1. The van der Waals surface area contributed by atoms with Crippen LogP contribution in [0.1, 0.15) is 24.8 Å². The Morgan fingerprint density at radius 2 is 2.15 bits per heavy atom. The van der Waals surface area contributed by atoms with Gasteiger partial charge in [-0.1, -0.05) is 19.1 Å². The fourth-order valence-electron chi connectivity index (χ4n) is 2.47. The Morgan fingerprint density at radius 1 is 1.40 bits per heavy atom. The van der Waals surface area contributed by atoms with Crippen LogP contribution in [0.2, 0.25) is 0 Å². The van der Waals surface area contributed by atoms with E-state index in [1.165, 1.54) is 4.70 Å². The molecule has 0 unspecified atom stereocenters. The number of hydrogen-bond acceptors (Lipinski definition) is 3. The number of para-hydroxylation sites is 1. The number of nitrogens with zero attached hydrogens (tertiary/aromatic N) is 2. The maximum Gasteiger partial charge on any atom is 0.317 e. The van der Waals surface area contributed by atoms with E-state index in [1.807, 2.05) is 23.1 Å². The predicted octanol–water partition coefficient (Wildman–Crippen LogP) is 3.24. The van der Waals surface area contributed by atoms with Crippen molar-refractivity contribution in [3.8, 4) is 0 Å². The molecule has 2 aromatic rings. The molecule has 1 N–H and O–H groups in total. The predicted molar refractivity (Wildman–Crippen MR) is 81.8 cm³/mol. The Morgan fingerprint density at radius 3 is 2.90 bits per heavy atom. The summed E-state index contributed by atoms with van der Waals surface area (Å²) < 4.78 is 1.17. The summed E-state index contributed by atoms with van der Waals surface area (Å²) in [5.41, 5.74) is 1.01. The zero-order valence-electron chi connectivity index (χ0n) is 11.6. The molecule has 2 heterocycles. The highest BCUT2D eigenvalue weighted by Crippen LogP contribution is 2.21. The fourth-order valence-corrected chi connectivity index (χ4v) is 3.38. The van der Waals surface area contributed by atoms with Crippen LogP contribution in [0.3, 0.4) is 0 Å². The van der Waals surface area contributed by atoms with Crippen LogP contribution in [0, 0.1) is 5.92 Å². The summed E-state index contributed by atoms with van der Waals surface area (Å²) in [6.07, 6.45) is 2.21. The number of benzene rings is 1. The zero-order chi connectivity index (χ0) is 13.9. The van der Waals surface area contributed by atoms with Crippen LogP contribution in [-0.4, -0.2) is 29.0 Å². The van der Waals surface area contributed by atoms with Gasteiger partial charge in [0.05, 0.1) is 16.8 Å². The Kier molecular flexibility index (Phi) is 3.87. The topological polar surface area (TPSA) is 45.2 Å². The molecule has 0 radical (unpaired) electrons. The molecule has 106 valence electrons. The molecule has 20 heavy (non-hydrogen) atoms. The number of carbonyl (C=O) groups excluding carboxylic acids is 1. The number of carbonyl (C=O) groups is 1. The van der Waals surface area contributed by atoms with Gasteiger partial charge in [-0.25, -0.2) is 9.78 Å². The highest BCUT2D eigenvalue weighted by atomic mass is 32.1. The number of urea groups is 1. The number of fused-ring (bicyclic) bond motifs is 1. The highest BCUT2D eigenvalue weighted by molar-refractivity contribution is 7.18. The largest absolute Gasteiger partial charge is 0.331 e. The molecule has 4 nitrogen and oxygen atoms in total. The molecule has 0 spiro atoms. The van der Waals surface area contributed by atoms with Gasteiger partial charge in [0.25, 0.3) is 0 Å². The highest BCUT2D eigenvalue weighted by Gasteiger charge is 2.20. The number of rotatable bonds is 2. The molecule has 3 rings (SSSR count). The first-order chi connectivity index (χ1) is 9.72. The SMILES string of the molecule is CC1CCN(C(=O)NCc2nc3ccccc3s2)CC1. The molecule has 0 atom stereocenters. The van der Waals surface area contributed by atoms with E-state index in [0.29, 0.717) is 6.54 Å². The van der Waals surface area contributed by atoms with Crippen molar-refractivity contribution >= 4 is 27.6 Å². The molecular formula is C15H19N3OS. The molecule has 1 aliphatic heterocycles. The number of piperidine rings is 1. The Hall–Kier alpha value is -1.62. The van der Waals surface area contributed by atoms with E-state index in [2.05, 4.69) is 23.3 Å². The first-order valence-corrected chi connectivity index (χ1v) is 7.91. The third-order valence-corrected chi connectivity index (χ3v) is 4.84. The Bertz CT molecular complexity index is 569. The second-order valence-corrected chi connectivity index (χ2v) is 6.52. The lowest BCUT2D eigenvalue weighted by molar-refractivity contribution is 0.173. The minimum absolute atomic E-state index is 0.0381. The minimum Gasteiger partial charge on any atom is -0.331 e. The Labute approximate surface area is 122 Å². The van der Waals surface area contributed by atoms with Crippen molar-refractivity contribution in [1.82, 2.24) is 15.2 Å². The number of aromatic nitrogens is 1. The lowest BCUT2D eigenvalue weighted by atomic mass is 10.00. The first-order valence-electron chi connectivity index (χ1n) is 7.09. The second-order valence-electron chi connectivity index (χ2n) is 5.40. The quantitative estimate of drug-likeness (QED) is 0.922. The summed E-state index contributed by atoms with van der Waals surface area (Å²) >= 11 is 1.64. The maximum atomic E-state index is 12.1. The van der Waals surface area contributed by atoms with E-state index in [1.54, 1.807) is 11.3 Å². The maximum absolute atomic E-state index is 12.1. The van der Waals surface area contributed by atoms with Crippen LogP contribution in [-0.2, 0) is 6.54 Å². The molecule has 0 bridgehead atoms. The van der Waals surface area contributed by atoms with Crippen LogP contribution in [0.15, 0.2) is 24.3 Å². The number of likely N-dealkylation sites (tertiary alicyclic amines) is 1. The van der Waals surface area contributed by atoms with Gasteiger partial charge in [-0.2, -0.15) is 0 Å². The van der Waals surface area contributed by atoms with Crippen molar-refractivity contribution < 1.29 is 4.79 Å². The molecule has 1 aliphatic rings. The van der Waals surface area contributed by atoms with Crippen molar-refractivity contribution in [1.29, 1.82) is 0 Å². The second kappa shape index (κ2) is 5.79. The van der Waals surface area contributed by atoms with Gasteiger partial charge < -0.3 is 10.2 Å². The monoisotopic (exact) mass is 289 g/mol. The van der Waals surface area contributed by atoms with Crippen LogP contribution in [0.25, 0.3) is 10.2 Å². The number of amides is 2. The third kappa shape index (κ3) is 2.93. The van der Waals surface area contributed by atoms with E-state index < -0.39 is 0 Å². The number of thiazole rings is 1. The van der Waals surface area contributed by atoms with Gasteiger partial charge in [0.2, 0.25) is 0 Å². The van der Waals surface area contributed by atoms with Gasteiger partial charge in [0.1, 0.15) is 5.01 Å². The molecular weight excluding hydrogens is 270 g/mol. The van der Waals surface area contributed by atoms with E-state index in [0.717, 1.165) is 42.4 Å². The van der Waals surface area contributed by atoms with Gasteiger partial charge in [-0.3, -0.25) is 0 Å². The van der Waals surface area contributed by atoms with Gasteiger partial charge >= 0.3 is 6.03 Å². The lowest BCUT2D eigenvalue weighted by Gasteiger charge is -2.30. The summed E-state index contributed by atoms with van der Waals surface area (Å²) in [5, 5.41) is 3.94. The molecule has 1 aromatic carbocycles. The standard InChI is InChI=1S/C15H19N3OS/c1-11-6-8-18(9-7-11)15(19)16-10-14-17-12-4-2-3-5-13(12)20-14/h2-5,11H,6-10H2,1H3,(H,16,19). The van der Waals surface area contributed by atoms with Gasteiger partial charge in [-0.15, -0.1) is 11.3 Å². The summed E-state index contributed by atoms with van der Waals surface area (Å²) in [5.74, 6) is 0.739. The summed E-state index contributed by atoms with van der Waals surface area (Å²) in [7, 11) is 0. The molecule has 2 amide bonds. The molecule has 0 saturated carbocycles. The van der Waals surface area contributed by atoms with Gasteiger partial charge in [0.15, 0.2) is 0 Å². The molecule has 5 heteroatoms. The van der Waals surface area contributed by atoms with E-state index >= 15 is 0 Å². The molecule has 1 saturated heterocycles. The normalized spacial score (nSPS) is 16.6. The van der Waals surface area contributed by atoms with Crippen molar-refractivity contribution in [3.05, 3.63) is 29.3 Å². The molecule has 1 aromatic heterocycles. The zero-order valence-corrected chi connectivity index (χ0v) is 12.4. The lowest BCUT2D eigenvalue weighted by Crippen LogP contribution is -2.43. The number of hydrogen-bond donors (Lipinski definition) is 1. The van der Waals surface area contributed by atoms with Crippen molar-refractivity contribution in [2.24, 2.45) is 5.92 Å². The Balaban J connectivity index is 1.57. The molecule has 1 fully saturated rings. The van der Waals surface area contributed by atoms with Crippen molar-refractivity contribution in [2.45, 2.75) is 26.3 Å². The smallest absolute Gasteiger partial charge is 0.317 e. The average Bonchev–Trinajstić information content (AvgIpc) is 2.88. The summed E-state index contributed by atoms with van der Waals surface area (Å²) in [4.78, 5) is 18.5. The van der Waals surface area contributed by atoms with Crippen LogP contribution < -0.4 is 5.32 Å². The van der Waals surface area contributed by atoms with Crippen LogP contribution in [0.5, 0.6) is 0 Å². The van der Waals surface area contributed by atoms with E-state index in [-0.39, 0.29) is 6.03 Å². The third-order valence-electron chi connectivity index (χ3n) is 3.80. The van der Waals surface area contributed by atoms with Gasteiger partial charge in [0, 0.05) is 13.1 Å². The van der Waals surface area contributed by atoms with Gasteiger partial charge in [-0.05, 0) is 30.9 Å². The fraction of sp³-hybridized carbons (Fsp3) is 0.467. The van der Waals surface area contributed by atoms with E-state index in [9.17, 15) is 4.79 Å². The minimum atomic E-state index is 0.0381. The van der Waals surface area contributed by atoms with Crippen LogP contribution >= 0.6 is 11.3 Å².